The molecule has 0 amide bonds. The largest absolute Gasteiger partial charge is 0.493 e. The van der Waals surface area contributed by atoms with E-state index in [1.54, 1.807) is 0 Å². The van der Waals surface area contributed by atoms with Crippen molar-refractivity contribution in [2.24, 2.45) is 5.92 Å². The van der Waals surface area contributed by atoms with Crippen molar-refractivity contribution < 1.29 is 4.74 Å². The first kappa shape index (κ1) is 11.3. The SMILES string of the molecule is CC(CCl)COc1cccc2ccccc12. The maximum absolute atomic E-state index is 5.79. The first-order chi connectivity index (χ1) is 7.81. The average molecular weight is 235 g/mol. The van der Waals surface area contributed by atoms with Crippen molar-refractivity contribution >= 4 is 22.4 Å². The van der Waals surface area contributed by atoms with Gasteiger partial charge in [0, 0.05) is 17.2 Å². The van der Waals surface area contributed by atoms with Crippen molar-refractivity contribution in [1.29, 1.82) is 0 Å². The number of alkyl halides is 1. The van der Waals surface area contributed by atoms with Crippen LogP contribution in [0.1, 0.15) is 6.92 Å². The second-order valence-electron chi connectivity index (χ2n) is 4.05. The van der Waals surface area contributed by atoms with Gasteiger partial charge in [0.1, 0.15) is 5.75 Å². The molecule has 1 nitrogen and oxygen atoms in total. The predicted molar refractivity (Wildman–Crippen MR) is 69.3 cm³/mol. The monoisotopic (exact) mass is 234 g/mol. The zero-order chi connectivity index (χ0) is 11.4. The Balaban J connectivity index is 2.23. The van der Waals surface area contributed by atoms with E-state index in [1.807, 2.05) is 24.3 Å². The molecule has 0 aliphatic rings. The minimum atomic E-state index is 0.376. The van der Waals surface area contributed by atoms with E-state index >= 15 is 0 Å². The van der Waals surface area contributed by atoms with Crippen LogP contribution in [0.2, 0.25) is 0 Å². The summed E-state index contributed by atoms with van der Waals surface area (Å²) in [5, 5.41) is 2.37. The van der Waals surface area contributed by atoms with Crippen LogP contribution >= 0.6 is 11.6 Å². The molecule has 2 aromatic carbocycles. The minimum Gasteiger partial charge on any atom is -0.493 e. The lowest BCUT2D eigenvalue weighted by Gasteiger charge is -2.12. The molecule has 0 aromatic heterocycles. The minimum absolute atomic E-state index is 0.376. The van der Waals surface area contributed by atoms with Crippen molar-refractivity contribution in [2.45, 2.75) is 6.92 Å². The number of rotatable bonds is 4. The molecule has 0 bridgehead atoms. The van der Waals surface area contributed by atoms with E-state index in [4.69, 9.17) is 16.3 Å². The van der Waals surface area contributed by atoms with E-state index in [2.05, 4.69) is 25.1 Å². The normalized spacial score (nSPS) is 12.6. The summed E-state index contributed by atoms with van der Waals surface area (Å²) in [5.41, 5.74) is 0. The summed E-state index contributed by atoms with van der Waals surface area (Å²) in [6.07, 6.45) is 0. The van der Waals surface area contributed by atoms with Gasteiger partial charge in [-0.05, 0) is 11.5 Å². The average Bonchev–Trinajstić information content (AvgIpc) is 2.35. The lowest BCUT2D eigenvalue weighted by molar-refractivity contribution is 0.276. The fraction of sp³-hybridized carbons (Fsp3) is 0.286. The lowest BCUT2D eigenvalue weighted by atomic mass is 10.1. The van der Waals surface area contributed by atoms with Gasteiger partial charge in [0.2, 0.25) is 0 Å². The molecule has 2 rings (SSSR count). The Morgan fingerprint density at radius 1 is 1.12 bits per heavy atom. The first-order valence-electron chi connectivity index (χ1n) is 5.48. The third-order valence-corrected chi connectivity index (χ3v) is 3.06. The van der Waals surface area contributed by atoms with Crippen LogP contribution in [-0.2, 0) is 0 Å². The molecule has 0 saturated heterocycles. The number of hydrogen-bond acceptors (Lipinski definition) is 1. The number of fused-ring (bicyclic) bond motifs is 1. The summed E-state index contributed by atoms with van der Waals surface area (Å²) in [7, 11) is 0. The molecule has 1 unspecified atom stereocenters. The Morgan fingerprint density at radius 3 is 2.69 bits per heavy atom. The standard InChI is InChI=1S/C14H15ClO/c1-11(9-15)10-16-14-8-4-6-12-5-2-3-7-13(12)14/h2-8,11H,9-10H2,1H3. The Bertz CT molecular complexity index is 462. The van der Waals surface area contributed by atoms with Gasteiger partial charge in [-0.15, -0.1) is 11.6 Å². The highest BCUT2D eigenvalue weighted by Gasteiger charge is 2.04. The third-order valence-electron chi connectivity index (χ3n) is 2.54. The maximum Gasteiger partial charge on any atom is 0.127 e. The molecule has 0 aliphatic heterocycles. The van der Waals surface area contributed by atoms with E-state index < -0.39 is 0 Å². The maximum atomic E-state index is 5.79. The molecule has 0 N–H and O–H groups in total. The first-order valence-corrected chi connectivity index (χ1v) is 6.01. The Labute approximate surface area is 101 Å². The fourth-order valence-electron chi connectivity index (χ4n) is 1.60. The quantitative estimate of drug-likeness (QED) is 0.724. The van der Waals surface area contributed by atoms with E-state index in [1.165, 1.54) is 5.39 Å². The van der Waals surface area contributed by atoms with Crippen LogP contribution in [0.15, 0.2) is 42.5 Å². The van der Waals surface area contributed by atoms with E-state index in [0.717, 1.165) is 11.1 Å². The number of benzene rings is 2. The molecule has 2 heteroatoms. The van der Waals surface area contributed by atoms with Crippen molar-refractivity contribution in [1.82, 2.24) is 0 Å². The van der Waals surface area contributed by atoms with Crippen molar-refractivity contribution in [3.05, 3.63) is 42.5 Å². The highest BCUT2D eigenvalue weighted by molar-refractivity contribution is 6.18. The molecule has 0 radical (unpaired) electrons. The summed E-state index contributed by atoms with van der Waals surface area (Å²) in [6, 6.07) is 14.3. The molecule has 0 heterocycles. The predicted octanol–water partition coefficient (Wildman–Crippen LogP) is 4.09. The van der Waals surface area contributed by atoms with E-state index in [-0.39, 0.29) is 0 Å². The molecule has 0 spiro atoms. The topological polar surface area (TPSA) is 9.23 Å². The fourth-order valence-corrected chi connectivity index (χ4v) is 1.69. The van der Waals surface area contributed by atoms with Gasteiger partial charge in [0.15, 0.2) is 0 Å². The number of halogens is 1. The van der Waals surface area contributed by atoms with Gasteiger partial charge in [-0.1, -0.05) is 43.3 Å². The highest BCUT2D eigenvalue weighted by atomic mass is 35.5. The Hall–Kier alpha value is -1.21. The van der Waals surface area contributed by atoms with Crippen LogP contribution in [0.5, 0.6) is 5.75 Å². The smallest absolute Gasteiger partial charge is 0.127 e. The van der Waals surface area contributed by atoms with E-state index in [9.17, 15) is 0 Å². The van der Waals surface area contributed by atoms with Gasteiger partial charge >= 0.3 is 0 Å². The van der Waals surface area contributed by atoms with Crippen LogP contribution in [-0.4, -0.2) is 12.5 Å². The zero-order valence-corrected chi connectivity index (χ0v) is 10.1. The van der Waals surface area contributed by atoms with Crippen LogP contribution < -0.4 is 4.74 Å². The molecule has 0 fully saturated rings. The highest BCUT2D eigenvalue weighted by Crippen LogP contribution is 2.25. The second-order valence-corrected chi connectivity index (χ2v) is 4.36. The van der Waals surface area contributed by atoms with Gasteiger partial charge in [-0.25, -0.2) is 0 Å². The van der Waals surface area contributed by atoms with Gasteiger partial charge in [0.25, 0.3) is 0 Å². The van der Waals surface area contributed by atoms with Crippen LogP contribution in [0.4, 0.5) is 0 Å². The molecular formula is C14H15ClO. The Kier molecular flexibility index (Phi) is 3.68. The van der Waals surface area contributed by atoms with Gasteiger partial charge in [0.05, 0.1) is 6.61 Å². The zero-order valence-electron chi connectivity index (χ0n) is 9.32. The van der Waals surface area contributed by atoms with Crippen molar-refractivity contribution in [3.63, 3.8) is 0 Å². The van der Waals surface area contributed by atoms with Crippen molar-refractivity contribution in [3.8, 4) is 5.75 Å². The summed E-state index contributed by atoms with van der Waals surface area (Å²) in [5.74, 6) is 1.95. The summed E-state index contributed by atoms with van der Waals surface area (Å²) in [6.45, 7) is 2.75. The molecule has 84 valence electrons. The summed E-state index contributed by atoms with van der Waals surface area (Å²) >= 11 is 5.76. The molecule has 16 heavy (non-hydrogen) atoms. The lowest BCUT2D eigenvalue weighted by Crippen LogP contribution is -2.09. The van der Waals surface area contributed by atoms with Crippen molar-refractivity contribution in [2.75, 3.05) is 12.5 Å². The van der Waals surface area contributed by atoms with Gasteiger partial charge in [-0.2, -0.15) is 0 Å². The molecule has 1 atom stereocenters. The summed E-state index contributed by atoms with van der Waals surface area (Å²) in [4.78, 5) is 0. The number of ether oxygens (including phenoxy) is 1. The molecule has 0 aliphatic carbocycles. The van der Waals surface area contributed by atoms with Crippen LogP contribution in [0.25, 0.3) is 10.8 Å². The van der Waals surface area contributed by atoms with Crippen LogP contribution in [0, 0.1) is 5.92 Å². The molecule has 0 saturated carbocycles. The van der Waals surface area contributed by atoms with E-state index in [0.29, 0.717) is 18.4 Å². The molecule has 2 aromatic rings. The van der Waals surface area contributed by atoms with Crippen LogP contribution in [0.3, 0.4) is 0 Å². The summed E-state index contributed by atoms with van der Waals surface area (Å²) < 4.78 is 5.79. The Morgan fingerprint density at radius 2 is 1.88 bits per heavy atom. The molecular weight excluding hydrogens is 220 g/mol. The van der Waals surface area contributed by atoms with Gasteiger partial charge < -0.3 is 4.74 Å². The second kappa shape index (κ2) is 5.22. The number of hydrogen-bond donors (Lipinski definition) is 0. The third kappa shape index (κ3) is 2.48. The van der Waals surface area contributed by atoms with Gasteiger partial charge in [-0.3, -0.25) is 0 Å².